The zero-order chi connectivity index (χ0) is 6.41. The zero-order valence-electron chi connectivity index (χ0n) is 4.80. The molecule has 44 valence electrons. The SMILES string of the molecule is C=CC[C@H](N)CC#N. The first-order chi connectivity index (χ1) is 3.81. The van der Waals surface area contributed by atoms with Gasteiger partial charge in [-0.15, -0.1) is 6.58 Å². The Hall–Kier alpha value is -0.810. The van der Waals surface area contributed by atoms with E-state index in [1.54, 1.807) is 6.08 Å². The maximum Gasteiger partial charge on any atom is 0.0638 e. The molecule has 0 unspecified atom stereocenters. The molecule has 8 heavy (non-hydrogen) atoms. The van der Waals surface area contributed by atoms with Crippen molar-refractivity contribution in [3.05, 3.63) is 12.7 Å². The highest BCUT2D eigenvalue weighted by molar-refractivity contribution is 4.83. The van der Waals surface area contributed by atoms with Gasteiger partial charge in [0.25, 0.3) is 0 Å². The molecular weight excluding hydrogens is 100 g/mol. The molecule has 0 saturated heterocycles. The largest absolute Gasteiger partial charge is 0.326 e. The van der Waals surface area contributed by atoms with Crippen LogP contribution in [0.4, 0.5) is 0 Å². The number of nitriles is 1. The van der Waals surface area contributed by atoms with Gasteiger partial charge >= 0.3 is 0 Å². The van der Waals surface area contributed by atoms with Crippen LogP contribution in [0.25, 0.3) is 0 Å². The smallest absolute Gasteiger partial charge is 0.0638 e. The van der Waals surface area contributed by atoms with Crippen molar-refractivity contribution >= 4 is 0 Å². The molecule has 0 aliphatic heterocycles. The molecule has 0 bridgehead atoms. The summed E-state index contributed by atoms with van der Waals surface area (Å²) in [4.78, 5) is 0. The van der Waals surface area contributed by atoms with Gasteiger partial charge in [0.1, 0.15) is 0 Å². The lowest BCUT2D eigenvalue weighted by Crippen LogP contribution is -2.17. The second-order valence-electron chi connectivity index (χ2n) is 1.65. The quantitative estimate of drug-likeness (QED) is 0.546. The van der Waals surface area contributed by atoms with Crippen LogP contribution in [0.1, 0.15) is 12.8 Å². The van der Waals surface area contributed by atoms with Crippen molar-refractivity contribution in [3.8, 4) is 6.07 Å². The summed E-state index contributed by atoms with van der Waals surface area (Å²) in [7, 11) is 0. The highest BCUT2D eigenvalue weighted by Crippen LogP contribution is 1.91. The molecule has 0 radical (unpaired) electrons. The normalized spacial score (nSPS) is 12.0. The third kappa shape index (κ3) is 3.38. The van der Waals surface area contributed by atoms with Crippen molar-refractivity contribution in [1.82, 2.24) is 0 Å². The van der Waals surface area contributed by atoms with Gasteiger partial charge < -0.3 is 5.73 Å². The number of nitrogens with two attached hydrogens (primary N) is 1. The summed E-state index contributed by atoms with van der Waals surface area (Å²) in [6, 6.07) is 1.96. The van der Waals surface area contributed by atoms with Crippen LogP contribution in [-0.4, -0.2) is 6.04 Å². The lowest BCUT2D eigenvalue weighted by atomic mass is 10.2. The Morgan fingerprint density at radius 2 is 2.50 bits per heavy atom. The van der Waals surface area contributed by atoms with Gasteiger partial charge in [0.2, 0.25) is 0 Å². The Labute approximate surface area is 49.6 Å². The van der Waals surface area contributed by atoms with E-state index in [0.717, 1.165) is 6.42 Å². The fraction of sp³-hybridized carbons (Fsp3) is 0.500. The molecule has 0 spiro atoms. The van der Waals surface area contributed by atoms with Gasteiger partial charge in [-0.3, -0.25) is 0 Å². The van der Waals surface area contributed by atoms with Crippen molar-refractivity contribution in [2.24, 2.45) is 5.73 Å². The maximum atomic E-state index is 8.10. The van der Waals surface area contributed by atoms with E-state index in [0.29, 0.717) is 6.42 Å². The summed E-state index contributed by atoms with van der Waals surface area (Å²) in [5, 5.41) is 8.10. The zero-order valence-corrected chi connectivity index (χ0v) is 4.80. The van der Waals surface area contributed by atoms with Crippen LogP contribution < -0.4 is 5.73 Å². The van der Waals surface area contributed by atoms with Crippen LogP contribution >= 0.6 is 0 Å². The van der Waals surface area contributed by atoms with E-state index >= 15 is 0 Å². The minimum atomic E-state index is -0.0162. The summed E-state index contributed by atoms with van der Waals surface area (Å²) >= 11 is 0. The van der Waals surface area contributed by atoms with E-state index in [1.807, 2.05) is 6.07 Å². The van der Waals surface area contributed by atoms with E-state index < -0.39 is 0 Å². The number of rotatable bonds is 3. The van der Waals surface area contributed by atoms with E-state index in [2.05, 4.69) is 6.58 Å². The van der Waals surface area contributed by atoms with Gasteiger partial charge in [0.15, 0.2) is 0 Å². The topological polar surface area (TPSA) is 49.8 Å². The Morgan fingerprint density at radius 3 is 2.88 bits per heavy atom. The fourth-order valence-electron chi connectivity index (χ4n) is 0.415. The van der Waals surface area contributed by atoms with E-state index in [4.69, 9.17) is 11.0 Å². The van der Waals surface area contributed by atoms with Crippen LogP contribution in [0.2, 0.25) is 0 Å². The molecule has 0 aliphatic carbocycles. The molecule has 0 aromatic heterocycles. The van der Waals surface area contributed by atoms with Crippen LogP contribution in [-0.2, 0) is 0 Å². The van der Waals surface area contributed by atoms with Crippen molar-refractivity contribution in [3.63, 3.8) is 0 Å². The van der Waals surface area contributed by atoms with Crippen LogP contribution in [0, 0.1) is 11.3 Å². The summed E-state index contributed by atoms with van der Waals surface area (Å²) in [5.41, 5.74) is 5.40. The van der Waals surface area contributed by atoms with Gasteiger partial charge in [-0.1, -0.05) is 6.08 Å². The van der Waals surface area contributed by atoms with Crippen LogP contribution in [0.5, 0.6) is 0 Å². The van der Waals surface area contributed by atoms with Gasteiger partial charge in [-0.05, 0) is 6.42 Å². The van der Waals surface area contributed by atoms with Crippen molar-refractivity contribution in [2.45, 2.75) is 18.9 Å². The first-order valence-electron chi connectivity index (χ1n) is 2.54. The number of nitrogens with zero attached hydrogens (tertiary/aromatic N) is 1. The fourth-order valence-corrected chi connectivity index (χ4v) is 0.415. The molecule has 0 saturated carbocycles. The maximum absolute atomic E-state index is 8.10. The lowest BCUT2D eigenvalue weighted by molar-refractivity contribution is 0.701. The Kier molecular flexibility index (Phi) is 3.91. The minimum Gasteiger partial charge on any atom is -0.326 e. The molecule has 0 rings (SSSR count). The van der Waals surface area contributed by atoms with Gasteiger partial charge in [-0.25, -0.2) is 0 Å². The Bertz CT molecular complexity index is 102. The molecule has 2 nitrogen and oxygen atoms in total. The molecule has 0 aromatic rings. The second kappa shape index (κ2) is 4.35. The lowest BCUT2D eigenvalue weighted by Gasteiger charge is -1.99. The Balaban J connectivity index is 3.20. The van der Waals surface area contributed by atoms with Crippen LogP contribution in [0.3, 0.4) is 0 Å². The highest BCUT2D eigenvalue weighted by Gasteiger charge is 1.94. The van der Waals surface area contributed by atoms with E-state index in [1.165, 1.54) is 0 Å². The predicted molar refractivity (Wildman–Crippen MR) is 33.0 cm³/mol. The highest BCUT2D eigenvalue weighted by atomic mass is 14.6. The first kappa shape index (κ1) is 7.19. The second-order valence-corrected chi connectivity index (χ2v) is 1.65. The van der Waals surface area contributed by atoms with Gasteiger partial charge in [-0.2, -0.15) is 5.26 Å². The summed E-state index contributed by atoms with van der Waals surface area (Å²) < 4.78 is 0. The summed E-state index contributed by atoms with van der Waals surface area (Å²) in [5.74, 6) is 0. The first-order valence-corrected chi connectivity index (χ1v) is 2.54. The number of hydrogen-bond donors (Lipinski definition) is 1. The predicted octanol–water partition coefficient (Wildman–Crippen LogP) is 0.803. The average molecular weight is 110 g/mol. The average Bonchev–Trinajstić information content (AvgIpc) is 1.68. The molecule has 2 heteroatoms. The standard InChI is InChI=1S/C6H10N2/c1-2-3-6(8)4-5-7/h2,6H,1,3-4,8H2/t6-/m0/s1. The molecule has 0 fully saturated rings. The van der Waals surface area contributed by atoms with E-state index in [-0.39, 0.29) is 6.04 Å². The monoisotopic (exact) mass is 110 g/mol. The molecule has 0 heterocycles. The van der Waals surface area contributed by atoms with Crippen molar-refractivity contribution in [2.75, 3.05) is 0 Å². The molecule has 1 atom stereocenters. The summed E-state index contributed by atoms with van der Waals surface area (Å²) in [6.07, 6.45) is 2.88. The third-order valence-corrected chi connectivity index (χ3v) is 0.823. The Morgan fingerprint density at radius 1 is 1.88 bits per heavy atom. The van der Waals surface area contributed by atoms with Gasteiger partial charge in [0, 0.05) is 6.04 Å². The molecule has 2 N–H and O–H groups in total. The number of hydrogen-bond acceptors (Lipinski definition) is 2. The van der Waals surface area contributed by atoms with Gasteiger partial charge in [0.05, 0.1) is 12.5 Å². The summed E-state index contributed by atoms with van der Waals surface area (Å²) in [6.45, 7) is 3.49. The molecule has 0 aliphatic rings. The molecule has 0 aromatic carbocycles. The van der Waals surface area contributed by atoms with Crippen molar-refractivity contribution < 1.29 is 0 Å². The van der Waals surface area contributed by atoms with E-state index in [9.17, 15) is 0 Å². The van der Waals surface area contributed by atoms with Crippen molar-refractivity contribution in [1.29, 1.82) is 5.26 Å². The molecule has 0 amide bonds. The minimum absolute atomic E-state index is 0.0162. The van der Waals surface area contributed by atoms with Crippen LogP contribution in [0.15, 0.2) is 12.7 Å². The molecular formula is C6H10N2. The third-order valence-electron chi connectivity index (χ3n) is 0.823.